The van der Waals surface area contributed by atoms with Crippen LogP contribution in [0.25, 0.3) is 0 Å². The Morgan fingerprint density at radius 1 is 1.46 bits per heavy atom. The third-order valence-electron chi connectivity index (χ3n) is 1.44. The van der Waals surface area contributed by atoms with Crippen LogP contribution in [0.2, 0.25) is 0 Å². The Balaban J connectivity index is 2.59. The maximum Gasteiger partial charge on any atom is 0.151 e. The Labute approximate surface area is 80.0 Å². The van der Waals surface area contributed by atoms with Crippen molar-refractivity contribution in [3.8, 4) is 0 Å². The predicted octanol–water partition coefficient (Wildman–Crippen LogP) is 2.21. The zero-order chi connectivity index (χ0) is 9.68. The molecule has 0 saturated heterocycles. The fourth-order valence-corrected chi connectivity index (χ4v) is 1.33. The molecule has 4 nitrogen and oxygen atoms in total. The Hall–Kier alpha value is -1.36. The van der Waals surface area contributed by atoms with E-state index in [0.29, 0.717) is 11.4 Å². The molecule has 0 aliphatic carbocycles. The van der Waals surface area contributed by atoms with Crippen LogP contribution in [0, 0.1) is 10.3 Å². The van der Waals surface area contributed by atoms with Crippen LogP contribution in [0.15, 0.2) is 29.4 Å². The number of benzene rings is 1. The molecule has 0 unspecified atom stereocenters. The van der Waals surface area contributed by atoms with E-state index in [9.17, 15) is 4.91 Å². The molecule has 0 aliphatic heterocycles. The van der Waals surface area contributed by atoms with E-state index in [4.69, 9.17) is 11.1 Å². The largest absolute Gasteiger partial charge is 0.379 e. The second-order valence-electron chi connectivity index (χ2n) is 2.41. The summed E-state index contributed by atoms with van der Waals surface area (Å²) in [6.07, 6.45) is 0. The summed E-state index contributed by atoms with van der Waals surface area (Å²) in [5.74, 6) is 0.647. The number of hydrogen-bond donors (Lipinski definition) is 2. The molecule has 0 radical (unpaired) electrons. The fourth-order valence-electron chi connectivity index (χ4n) is 0.814. The molecule has 0 aliphatic rings. The van der Waals surface area contributed by atoms with Crippen molar-refractivity contribution >= 4 is 22.6 Å². The Bertz CT molecular complexity index is 310. The quantitative estimate of drug-likeness (QED) is 0.441. The van der Waals surface area contributed by atoms with Crippen molar-refractivity contribution < 1.29 is 0 Å². The number of rotatable bonds is 3. The van der Waals surface area contributed by atoms with Gasteiger partial charge >= 0.3 is 0 Å². The maximum atomic E-state index is 10.1. The molecule has 13 heavy (non-hydrogen) atoms. The molecule has 1 rings (SSSR count). The van der Waals surface area contributed by atoms with Gasteiger partial charge in [-0.2, -0.15) is 0 Å². The number of thioether (sulfide) groups is 1. The minimum Gasteiger partial charge on any atom is -0.379 e. The normalized spacial score (nSPS) is 9.54. The highest BCUT2D eigenvalue weighted by molar-refractivity contribution is 8.13. The van der Waals surface area contributed by atoms with Crippen LogP contribution in [0.1, 0.15) is 5.56 Å². The van der Waals surface area contributed by atoms with E-state index in [0.717, 1.165) is 5.56 Å². The average Bonchev–Trinajstić information content (AvgIpc) is 2.15. The van der Waals surface area contributed by atoms with Crippen LogP contribution in [0.5, 0.6) is 0 Å². The Kier molecular flexibility index (Phi) is 3.45. The second-order valence-corrected chi connectivity index (χ2v) is 3.43. The van der Waals surface area contributed by atoms with Gasteiger partial charge in [0.1, 0.15) is 5.69 Å². The van der Waals surface area contributed by atoms with Gasteiger partial charge in [0.15, 0.2) is 5.17 Å². The van der Waals surface area contributed by atoms with E-state index >= 15 is 0 Å². The average molecular weight is 195 g/mol. The molecular weight excluding hydrogens is 186 g/mol. The van der Waals surface area contributed by atoms with Gasteiger partial charge < -0.3 is 5.73 Å². The number of nitrogens with one attached hydrogen (secondary N) is 1. The lowest BCUT2D eigenvalue weighted by Gasteiger charge is -1.98. The summed E-state index contributed by atoms with van der Waals surface area (Å²) in [5.41, 5.74) is 6.61. The minimum atomic E-state index is 0.0950. The van der Waals surface area contributed by atoms with E-state index in [-0.39, 0.29) is 5.17 Å². The highest BCUT2D eigenvalue weighted by Crippen LogP contribution is 2.16. The highest BCUT2D eigenvalue weighted by Gasteiger charge is 1.96. The van der Waals surface area contributed by atoms with Crippen molar-refractivity contribution in [1.29, 1.82) is 5.41 Å². The van der Waals surface area contributed by atoms with E-state index in [1.165, 1.54) is 11.8 Å². The number of amidine groups is 1. The Morgan fingerprint density at radius 3 is 2.54 bits per heavy atom. The molecule has 0 atom stereocenters. The van der Waals surface area contributed by atoms with Crippen LogP contribution in [-0.4, -0.2) is 5.17 Å². The SMILES string of the molecule is N=C(N)SCc1ccc(N=O)cc1. The first kappa shape index (κ1) is 9.73. The first-order valence-corrected chi connectivity index (χ1v) is 4.60. The van der Waals surface area contributed by atoms with Crippen molar-refractivity contribution in [2.45, 2.75) is 5.75 Å². The molecule has 0 spiro atoms. The summed E-state index contributed by atoms with van der Waals surface area (Å²) in [6, 6.07) is 6.88. The number of nitrogens with two attached hydrogens (primary N) is 1. The summed E-state index contributed by atoms with van der Waals surface area (Å²) in [6.45, 7) is 0. The molecule has 1 aromatic rings. The predicted molar refractivity (Wildman–Crippen MR) is 55.1 cm³/mol. The van der Waals surface area contributed by atoms with E-state index in [2.05, 4.69) is 5.18 Å². The van der Waals surface area contributed by atoms with Crippen LogP contribution in [0.4, 0.5) is 5.69 Å². The van der Waals surface area contributed by atoms with Gasteiger partial charge in [0.25, 0.3) is 0 Å². The summed E-state index contributed by atoms with van der Waals surface area (Å²) in [5, 5.41) is 9.87. The van der Waals surface area contributed by atoms with Gasteiger partial charge in [0.2, 0.25) is 0 Å². The van der Waals surface area contributed by atoms with Crippen molar-refractivity contribution in [2.75, 3.05) is 0 Å². The van der Waals surface area contributed by atoms with Crippen molar-refractivity contribution in [2.24, 2.45) is 10.9 Å². The fraction of sp³-hybridized carbons (Fsp3) is 0.125. The number of nitrogens with zero attached hydrogens (tertiary/aromatic N) is 1. The van der Waals surface area contributed by atoms with Crippen molar-refractivity contribution in [3.05, 3.63) is 34.7 Å². The van der Waals surface area contributed by atoms with Gasteiger partial charge in [-0.1, -0.05) is 23.9 Å². The van der Waals surface area contributed by atoms with Gasteiger partial charge in [-0.25, -0.2) is 0 Å². The molecule has 68 valence electrons. The first-order valence-electron chi connectivity index (χ1n) is 3.61. The van der Waals surface area contributed by atoms with Crippen LogP contribution in [0.3, 0.4) is 0 Å². The molecule has 0 amide bonds. The molecule has 0 heterocycles. The van der Waals surface area contributed by atoms with E-state index in [1.54, 1.807) is 24.3 Å². The zero-order valence-corrected chi connectivity index (χ0v) is 7.67. The zero-order valence-electron chi connectivity index (χ0n) is 6.86. The van der Waals surface area contributed by atoms with Crippen molar-refractivity contribution in [3.63, 3.8) is 0 Å². The molecular formula is C8H9N3OS. The van der Waals surface area contributed by atoms with Crippen LogP contribution in [-0.2, 0) is 5.75 Å². The highest BCUT2D eigenvalue weighted by atomic mass is 32.2. The van der Waals surface area contributed by atoms with E-state index in [1.807, 2.05) is 0 Å². The smallest absolute Gasteiger partial charge is 0.151 e. The first-order chi connectivity index (χ1) is 6.22. The van der Waals surface area contributed by atoms with Crippen LogP contribution < -0.4 is 5.73 Å². The van der Waals surface area contributed by atoms with Gasteiger partial charge in [-0.3, -0.25) is 5.41 Å². The lowest BCUT2D eigenvalue weighted by Crippen LogP contribution is -2.03. The summed E-state index contributed by atoms with van der Waals surface area (Å²) < 4.78 is 0. The molecule has 0 fully saturated rings. The molecule has 0 saturated carbocycles. The third-order valence-corrected chi connectivity index (χ3v) is 2.22. The number of hydrogen-bond acceptors (Lipinski definition) is 4. The van der Waals surface area contributed by atoms with Gasteiger partial charge in [0, 0.05) is 5.75 Å². The van der Waals surface area contributed by atoms with Crippen LogP contribution >= 0.6 is 11.8 Å². The summed E-state index contributed by atoms with van der Waals surface area (Å²) in [4.78, 5) is 10.1. The summed E-state index contributed by atoms with van der Waals surface area (Å²) >= 11 is 1.25. The molecule has 0 aromatic heterocycles. The topological polar surface area (TPSA) is 79.3 Å². The minimum absolute atomic E-state index is 0.0950. The monoisotopic (exact) mass is 195 g/mol. The molecule has 3 N–H and O–H groups in total. The molecule has 5 heteroatoms. The standard InChI is InChI=1S/C8H9N3OS/c9-8(10)13-5-6-1-3-7(11-12)4-2-6/h1-4H,5H2,(H3,9,10). The summed E-state index contributed by atoms with van der Waals surface area (Å²) in [7, 11) is 0. The Morgan fingerprint density at radius 2 is 2.08 bits per heavy atom. The van der Waals surface area contributed by atoms with Crippen molar-refractivity contribution in [1.82, 2.24) is 0 Å². The second kappa shape index (κ2) is 4.61. The molecule has 0 bridgehead atoms. The lowest BCUT2D eigenvalue weighted by atomic mass is 10.2. The third kappa shape index (κ3) is 3.25. The molecule has 1 aromatic carbocycles. The van der Waals surface area contributed by atoms with E-state index < -0.39 is 0 Å². The lowest BCUT2D eigenvalue weighted by molar-refractivity contribution is 1.39. The van der Waals surface area contributed by atoms with Gasteiger partial charge in [0.05, 0.1) is 0 Å². The van der Waals surface area contributed by atoms with Gasteiger partial charge in [-0.15, -0.1) is 4.91 Å². The number of nitroso groups, excluding NO2 is 1. The van der Waals surface area contributed by atoms with Gasteiger partial charge in [-0.05, 0) is 22.9 Å². The maximum absolute atomic E-state index is 10.1.